The van der Waals surface area contributed by atoms with Crippen molar-refractivity contribution in [2.75, 3.05) is 0 Å². The highest BCUT2D eigenvalue weighted by Gasteiger charge is 2.28. The highest BCUT2D eigenvalue weighted by molar-refractivity contribution is 5.22. The Morgan fingerprint density at radius 1 is 0.400 bits per heavy atom. The second kappa shape index (κ2) is 11.8. The average Bonchev–Trinajstić information content (AvgIpc) is 3.41. The SMILES string of the molecule is C1=C[C@H](N(Cc2ccccc2)Cc2ccccc2)C[C@@H]1N(Cc1ccccc1)Cc1ccccc1. The van der Waals surface area contributed by atoms with E-state index < -0.39 is 0 Å². The fraction of sp³-hybridized carbons (Fsp3) is 0.212. The van der Waals surface area contributed by atoms with Gasteiger partial charge >= 0.3 is 0 Å². The lowest BCUT2D eigenvalue weighted by Crippen LogP contribution is -2.37. The lowest BCUT2D eigenvalue weighted by Gasteiger charge is -2.32. The van der Waals surface area contributed by atoms with Gasteiger partial charge in [-0.25, -0.2) is 0 Å². The Morgan fingerprint density at radius 3 is 0.914 bits per heavy atom. The third kappa shape index (κ3) is 6.57. The van der Waals surface area contributed by atoms with E-state index in [2.05, 4.69) is 143 Å². The van der Waals surface area contributed by atoms with Gasteiger partial charge < -0.3 is 0 Å². The van der Waals surface area contributed by atoms with E-state index in [-0.39, 0.29) is 0 Å². The molecule has 0 fully saturated rings. The van der Waals surface area contributed by atoms with Crippen LogP contribution < -0.4 is 0 Å². The van der Waals surface area contributed by atoms with Gasteiger partial charge in [0.05, 0.1) is 0 Å². The molecular formula is C33H34N2. The van der Waals surface area contributed by atoms with Gasteiger partial charge in [-0.1, -0.05) is 133 Å². The molecule has 0 N–H and O–H groups in total. The second-order valence-electron chi connectivity index (χ2n) is 9.51. The molecule has 4 aromatic rings. The van der Waals surface area contributed by atoms with Crippen LogP contribution in [0.25, 0.3) is 0 Å². The van der Waals surface area contributed by atoms with Gasteiger partial charge in [0.2, 0.25) is 0 Å². The molecule has 2 heteroatoms. The van der Waals surface area contributed by atoms with Crippen LogP contribution in [-0.4, -0.2) is 21.9 Å². The van der Waals surface area contributed by atoms with Gasteiger partial charge in [0.15, 0.2) is 0 Å². The van der Waals surface area contributed by atoms with Crippen molar-refractivity contribution >= 4 is 0 Å². The van der Waals surface area contributed by atoms with Crippen LogP contribution in [0.2, 0.25) is 0 Å². The molecule has 2 nitrogen and oxygen atoms in total. The van der Waals surface area contributed by atoms with Gasteiger partial charge in [-0.2, -0.15) is 0 Å². The molecule has 1 aliphatic carbocycles. The smallest absolute Gasteiger partial charge is 0.0303 e. The van der Waals surface area contributed by atoms with Gasteiger partial charge in [-0.15, -0.1) is 0 Å². The normalized spacial score (nSPS) is 17.3. The maximum atomic E-state index is 2.63. The molecule has 1 aliphatic rings. The largest absolute Gasteiger partial charge is 0.288 e. The number of nitrogens with zero attached hydrogens (tertiary/aromatic N) is 2. The summed E-state index contributed by atoms with van der Waals surface area (Å²) in [5.41, 5.74) is 5.47. The number of benzene rings is 4. The van der Waals surface area contributed by atoms with E-state index in [4.69, 9.17) is 0 Å². The molecule has 4 aromatic carbocycles. The average molecular weight is 459 g/mol. The van der Waals surface area contributed by atoms with Crippen LogP contribution in [0, 0.1) is 0 Å². The maximum absolute atomic E-state index is 2.63. The molecule has 0 spiro atoms. The number of hydrogen-bond acceptors (Lipinski definition) is 2. The summed E-state index contributed by atoms with van der Waals surface area (Å²) in [6.07, 6.45) is 6.00. The molecule has 176 valence electrons. The lowest BCUT2D eigenvalue weighted by atomic mass is 10.1. The Hall–Kier alpha value is -3.46. The summed E-state index contributed by atoms with van der Waals surface area (Å²) in [6.45, 7) is 3.81. The van der Waals surface area contributed by atoms with Gasteiger partial charge in [-0.3, -0.25) is 9.80 Å². The Labute approximate surface area is 210 Å². The van der Waals surface area contributed by atoms with E-state index in [1.165, 1.54) is 22.3 Å². The summed E-state index contributed by atoms with van der Waals surface area (Å²) < 4.78 is 0. The molecule has 0 saturated carbocycles. The van der Waals surface area contributed by atoms with Crippen LogP contribution in [0.3, 0.4) is 0 Å². The first-order valence-electron chi connectivity index (χ1n) is 12.7. The summed E-state index contributed by atoms with van der Waals surface area (Å²) in [6, 6.07) is 44.3. The highest BCUT2D eigenvalue weighted by atomic mass is 15.2. The van der Waals surface area contributed by atoms with Crippen LogP contribution in [0.15, 0.2) is 133 Å². The summed E-state index contributed by atoms with van der Waals surface area (Å²) >= 11 is 0. The summed E-state index contributed by atoms with van der Waals surface area (Å²) in [7, 11) is 0. The molecule has 0 aromatic heterocycles. The molecule has 2 atom stereocenters. The van der Waals surface area contributed by atoms with Crippen molar-refractivity contribution in [1.29, 1.82) is 0 Å². The van der Waals surface area contributed by atoms with E-state index in [1.807, 2.05) is 0 Å². The fourth-order valence-electron chi connectivity index (χ4n) is 5.06. The van der Waals surface area contributed by atoms with Gasteiger partial charge in [-0.05, 0) is 28.7 Å². The minimum atomic E-state index is 0.412. The quantitative estimate of drug-likeness (QED) is 0.234. The van der Waals surface area contributed by atoms with Crippen molar-refractivity contribution < 1.29 is 0 Å². The van der Waals surface area contributed by atoms with E-state index in [1.54, 1.807) is 0 Å². The zero-order valence-electron chi connectivity index (χ0n) is 20.3. The van der Waals surface area contributed by atoms with Crippen molar-refractivity contribution in [1.82, 2.24) is 9.80 Å². The standard InChI is InChI=1S/C33H34N2/c1-5-13-28(14-6-1)24-34(25-29-15-7-2-8-16-29)32-21-22-33(23-32)35(26-30-17-9-3-10-18-30)27-31-19-11-4-12-20-31/h1-22,32-33H,23-27H2/t32-,33+. The van der Waals surface area contributed by atoms with Gasteiger partial charge in [0, 0.05) is 38.3 Å². The van der Waals surface area contributed by atoms with Crippen molar-refractivity contribution in [3.63, 3.8) is 0 Å². The first-order valence-corrected chi connectivity index (χ1v) is 12.7. The number of rotatable bonds is 10. The molecule has 0 aliphatic heterocycles. The van der Waals surface area contributed by atoms with E-state index in [9.17, 15) is 0 Å². The van der Waals surface area contributed by atoms with Gasteiger partial charge in [0.1, 0.15) is 0 Å². The maximum Gasteiger partial charge on any atom is 0.0303 e. The van der Waals surface area contributed by atoms with Crippen LogP contribution in [0.5, 0.6) is 0 Å². The Balaban J connectivity index is 1.34. The van der Waals surface area contributed by atoms with Crippen LogP contribution in [-0.2, 0) is 26.2 Å². The third-order valence-corrected chi connectivity index (χ3v) is 6.89. The predicted octanol–water partition coefficient (Wildman–Crippen LogP) is 7.09. The molecule has 0 saturated heterocycles. The zero-order chi connectivity index (χ0) is 23.7. The first-order chi connectivity index (χ1) is 17.3. The summed E-state index contributed by atoms with van der Waals surface area (Å²) in [4.78, 5) is 5.26. The second-order valence-corrected chi connectivity index (χ2v) is 9.51. The fourth-order valence-corrected chi connectivity index (χ4v) is 5.06. The molecule has 0 bridgehead atoms. The van der Waals surface area contributed by atoms with Crippen molar-refractivity contribution in [2.24, 2.45) is 0 Å². The Morgan fingerprint density at radius 2 is 0.657 bits per heavy atom. The molecule has 5 rings (SSSR count). The van der Waals surface area contributed by atoms with E-state index in [0.29, 0.717) is 12.1 Å². The summed E-state index contributed by atoms with van der Waals surface area (Å²) in [5, 5.41) is 0. The third-order valence-electron chi connectivity index (χ3n) is 6.89. The predicted molar refractivity (Wildman–Crippen MR) is 146 cm³/mol. The monoisotopic (exact) mass is 458 g/mol. The molecule has 35 heavy (non-hydrogen) atoms. The zero-order valence-corrected chi connectivity index (χ0v) is 20.3. The minimum Gasteiger partial charge on any atom is -0.288 e. The molecule has 0 heterocycles. The van der Waals surface area contributed by atoms with E-state index >= 15 is 0 Å². The summed E-state index contributed by atoms with van der Waals surface area (Å²) in [5.74, 6) is 0. The van der Waals surface area contributed by atoms with Crippen LogP contribution >= 0.6 is 0 Å². The Kier molecular flexibility index (Phi) is 7.85. The molecule has 0 amide bonds. The van der Waals surface area contributed by atoms with Crippen molar-refractivity contribution in [2.45, 2.75) is 44.7 Å². The van der Waals surface area contributed by atoms with Gasteiger partial charge in [0.25, 0.3) is 0 Å². The Bertz CT molecular complexity index is 995. The molecular weight excluding hydrogens is 424 g/mol. The minimum absolute atomic E-state index is 0.412. The highest BCUT2D eigenvalue weighted by Crippen LogP contribution is 2.27. The topological polar surface area (TPSA) is 6.48 Å². The molecule has 0 unspecified atom stereocenters. The van der Waals surface area contributed by atoms with Crippen LogP contribution in [0.4, 0.5) is 0 Å². The van der Waals surface area contributed by atoms with Crippen LogP contribution in [0.1, 0.15) is 28.7 Å². The first kappa shape index (κ1) is 23.3. The van der Waals surface area contributed by atoms with Crippen molar-refractivity contribution in [3.8, 4) is 0 Å². The van der Waals surface area contributed by atoms with Crippen molar-refractivity contribution in [3.05, 3.63) is 156 Å². The molecule has 0 radical (unpaired) electrons. The van der Waals surface area contributed by atoms with E-state index in [0.717, 1.165) is 32.6 Å². The number of hydrogen-bond donors (Lipinski definition) is 0. The lowest BCUT2D eigenvalue weighted by molar-refractivity contribution is 0.157.